The van der Waals surface area contributed by atoms with Crippen molar-refractivity contribution in [2.75, 3.05) is 0 Å². The lowest BCUT2D eigenvalue weighted by Gasteiger charge is -2.13. The molecule has 0 radical (unpaired) electrons. The molecule has 2 aromatic carbocycles. The van der Waals surface area contributed by atoms with Gasteiger partial charge < -0.3 is 9.47 Å². The van der Waals surface area contributed by atoms with Gasteiger partial charge in [-0.05, 0) is 29.2 Å². The standard InChI is InChI=1S/C23H22N2O2/c1-2-20-13-21(14-24)23(27-16-19-11-7-4-8-12-19)25-22(20)17-26-15-18-9-5-3-6-10-18/h3-13H,2,15-17H2,1H3. The first-order chi connectivity index (χ1) is 13.3. The molecule has 1 aromatic heterocycles. The van der Waals surface area contributed by atoms with Gasteiger partial charge in [0, 0.05) is 0 Å². The van der Waals surface area contributed by atoms with Gasteiger partial charge in [-0.2, -0.15) is 5.26 Å². The summed E-state index contributed by atoms with van der Waals surface area (Å²) in [5.41, 5.74) is 4.42. The number of pyridine rings is 1. The summed E-state index contributed by atoms with van der Waals surface area (Å²) in [4.78, 5) is 4.59. The quantitative estimate of drug-likeness (QED) is 0.580. The van der Waals surface area contributed by atoms with E-state index in [4.69, 9.17) is 9.47 Å². The van der Waals surface area contributed by atoms with Crippen molar-refractivity contribution in [1.82, 2.24) is 4.98 Å². The summed E-state index contributed by atoms with van der Waals surface area (Å²) in [7, 11) is 0. The van der Waals surface area contributed by atoms with E-state index in [2.05, 4.69) is 11.1 Å². The minimum Gasteiger partial charge on any atom is -0.472 e. The second-order valence-electron chi connectivity index (χ2n) is 6.16. The summed E-state index contributed by atoms with van der Waals surface area (Å²) in [6, 6.07) is 23.9. The van der Waals surface area contributed by atoms with E-state index in [9.17, 15) is 5.26 Å². The lowest BCUT2D eigenvalue weighted by Crippen LogP contribution is -2.06. The number of aryl methyl sites for hydroxylation is 1. The van der Waals surface area contributed by atoms with Gasteiger partial charge in [-0.1, -0.05) is 67.6 Å². The van der Waals surface area contributed by atoms with Crippen molar-refractivity contribution in [3.63, 3.8) is 0 Å². The molecule has 1 heterocycles. The van der Waals surface area contributed by atoms with E-state index < -0.39 is 0 Å². The predicted molar refractivity (Wildman–Crippen MR) is 104 cm³/mol. The highest BCUT2D eigenvalue weighted by Gasteiger charge is 2.13. The van der Waals surface area contributed by atoms with Crippen LogP contribution in [0.5, 0.6) is 5.88 Å². The molecule has 27 heavy (non-hydrogen) atoms. The molecule has 0 spiro atoms. The van der Waals surface area contributed by atoms with Crippen molar-refractivity contribution >= 4 is 0 Å². The third-order valence-electron chi connectivity index (χ3n) is 4.23. The molecule has 0 bridgehead atoms. The lowest BCUT2D eigenvalue weighted by atomic mass is 10.1. The fraction of sp³-hybridized carbons (Fsp3) is 0.217. The van der Waals surface area contributed by atoms with E-state index >= 15 is 0 Å². The van der Waals surface area contributed by atoms with Crippen molar-refractivity contribution in [2.45, 2.75) is 33.2 Å². The summed E-state index contributed by atoms with van der Waals surface area (Å²) >= 11 is 0. The second kappa shape index (κ2) is 9.51. The Bertz CT molecular complexity index is 903. The van der Waals surface area contributed by atoms with Crippen molar-refractivity contribution in [1.29, 1.82) is 5.26 Å². The minimum absolute atomic E-state index is 0.358. The molecule has 0 saturated heterocycles. The molecule has 4 nitrogen and oxygen atoms in total. The Hall–Kier alpha value is -3.16. The van der Waals surface area contributed by atoms with Crippen molar-refractivity contribution in [3.05, 3.63) is 94.7 Å². The number of nitriles is 1. The van der Waals surface area contributed by atoms with E-state index in [0.717, 1.165) is 28.8 Å². The summed E-state index contributed by atoms with van der Waals surface area (Å²) in [6.45, 7) is 3.32. The van der Waals surface area contributed by atoms with Gasteiger partial charge in [-0.3, -0.25) is 0 Å². The Kier molecular flexibility index (Phi) is 6.56. The maximum Gasteiger partial charge on any atom is 0.232 e. The molecule has 0 fully saturated rings. The molecule has 0 aliphatic carbocycles. The van der Waals surface area contributed by atoms with Crippen LogP contribution in [0.1, 0.15) is 34.9 Å². The maximum atomic E-state index is 9.45. The Morgan fingerprint density at radius 2 is 1.52 bits per heavy atom. The average Bonchev–Trinajstić information content (AvgIpc) is 2.73. The molecule has 3 rings (SSSR count). The Labute approximate surface area is 160 Å². The van der Waals surface area contributed by atoms with Crippen LogP contribution in [0.2, 0.25) is 0 Å². The largest absolute Gasteiger partial charge is 0.472 e. The van der Waals surface area contributed by atoms with Crippen LogP contribution in [-0.2, 0) is 31.0 Å². The molecular weight excluding hydrogens is 336 g/mol. The molecule has 0 unspecified atom stereocenters. The monoisotopic (exact) mass is 358 g/mol. The molecule has 0 aliphatic heterocycles. The fourth-order valence-corrected chi connectivity index (χ4v) is 2.76. The number of hydrogen-bond donors (Lipinski definition) is 0. The number of benzene rings is 2. The SMILES string of the molecule is CCc1cc(C#N)c(OCc2ccccc2)nc1COCc1ccccc1. The minimum atomic E-state index is 0.358. The molecule has 3 aromatic rings. The van der Waals surface area contributed by atoms with Crippen LogP contribution >= 0.6 is 0 Å². The van der Waals surface area contributed by atoms with Crippen LogP contribution in [-0.4, -0.2) is 4.98 Å². The topological polar surface area (TPSA) is 55.1 Å². The van der Waals surface area contributed by atoms with Gasteiger partial charge in [0.05, 0.1) is 18.9 Å². The van der Waals surface area contributed by atoms with Gasteiger partial charge in [-0.15, -0.1) is 0 Å². The molecular formula is C23H22N2O2. The molecule has 0 N–H and O–H groups in total. The highest BCUT2D eigenvalue weighted by Crippen LogP contribution is 2.22. The first kappa shape index (κ1) is 18.6. The summed E-state index contributed by atoms with van der Waals surface area (Å²) in [5, 5.41) is 9.45. The smallest absolute Gasteiger partial charge is 0.232 e. The van der Waals surface area contributed by atoms with Crippen LogP contribution in [0.15, 0.2) is 66.7 Å². The maximum absolute atomic E-state index is 9.45. The van der Waals surface area contributed by atoms with E-state index in [1.165, 1.54) is 0 Å². The fourth-order valence-electron chi connectivity index (χ4n) is 2.76. The van der Waals surface area contributed by atoms with Gasteiger partial charge in [0.1, 0.15) is 18.2 Å². The Morgan fingerprint density at radius 1 is 0.889 bits per heavy atom. The van der Waals surface area contributed by atoms with Crippen molar-refractivity contribution in [2.24, 2.45) is 0 Å². The molecule has 0 aliphatic rings. The Morgan fingerprint density at radius 3 is 2.11 bits per heavy atom. The summed E-state index contributed by atoms with van der Waals surface area (Å²) in [5.74, 6) is 0.358. The van der Waals surface area contributed by atoms with Crippen LogP contribution in [0.4, 0.5) is 0 Å². The number of rotatable bonds is 8. The number of aromatic nitrogens is 1. The first-order valence-corrected chi connectivity index (χ1v) is 9.01. The molecule has 4 heteroatoms. The third-order valence-corrected chi connectivity index (χ3v) is 4.23. The zero-order valence-electron chi connectivity index (χ0n) is 15.4. The molecule has 0 atom stereocenters. The number of nitrogens with zero attached hydrogens (tertiary/aromatic N) is 2. The summed E-state index contributed by atoms with van der Waals surface area (Å²) < 4.78 is 11.7. The zero-order chi connectivity index (χ0) is 18.9. The third kappa shape index (κ3) is 5.16. The van der Waals surface area contributed by atoms with Crippen LogP contribution in [0.25, 0.3) is 0 Å². The Balaban J connectivity index is 1.73. The van der Waals surface area contributed by atoms with Crippen molar-refractivity contribution < 1.29 is 9.47 Å². The molecule has 136 valence electrons. The van der Waals surface area contributed by atoms with E-state index in [1.807, 2.05) is 73.7 Å². The van der Waals surface area contributed by atoms with E-state index in [1.54, 1.807) is 0 Å². The van der Waals surface area contributed by atoms with Gasteiger partial charge in [-0.25, -0.2) is 4.98 Å². The highest BCUT2D eigenvalue weighted by molar-refractivity contribution is 5.42. The number of ether oxygens (including phenoxy) is 2. The predicted octanol–water partition coefficient (Wildman–Crippen LogP) is 4.81. The lowest BCUT2D eigenvalue weighted by molar-refractivity contribution is 0.103. The van der Waals surface area contributed by atoms with E-state index in [0.29, 0.717) is 31.3 Å². The zero-order valence-corrected chi connectivity index (χ0v) is 15.4. The van der Waals surface area contributed by atoms with E-state index in [-0.39, 0.29) is 0 Å². The summed E-state index contributed by atoms with van der Waals surface area (Å²) in [6.07, 6.45) is 0.782. The highest BCUT2D eigenvalue weighted by atomic mass is 16.5. The average molecular weight is 358 g/mol. The van der Waals surface area contributed by atoms with Gasteiger partial charge >= 0.3 is 0 Å². The van der Waals surface area contributed by atoms with Crippen molar-refractivity contribution in [3.8, 4) is 11.9 Å². The van der Waals surface area contributed by atoms with Gasteiger partial charge in [0.15, 0.2) is 0 Å². The van der Waals surface area contributed by atoms with Gasteiger partial charge in [0.25, 0.3) is 0 Å². The molecule has 0 amide bonds. The van der Waals surface area contributed by atoms with Crippen LogP contribution < -0.4 is 4.74 Å². The van der Waals surface area contributed by atoms with Crippen LogP contribution in [0.3, 0.4) is 0 Å². The number of hydrogen-bond acceptors (Lipinski definition) is 4. The van der Waals surface area contributed by atoms with Crippen LogP contribution in [0, 0.1) is 11.3 Å². The van der Waals surface area contributed by atoms with Gasteiger partial charge in [0.2, 0.25) is 5.88 Å². The first-order valence-electron chi connectivity index (χ1n) is 9.01. The molecule has 0 saturated carbocycles. The second-order valence-corrected chi connectivity index (χ2v) is 6.16. The normalized spacial score (nSPS) is 10.4.